The number of likely N-dealkylation sites (tertiary alicyclic amines) is 1. The van der Waals surface area contributed by atoms with Gasteiger partial charge < -0.3 is 10.2 Å². The van der Waals surface area contributed by atoms with Gasteiger partial charge in [0.05, 0.1) is 0 Å². The Morgan fingerprint density at radius 2 is 2.00 bits per heavy atom. The molecule has 18 heavy (non-hydrogen) atoms. The number of hydrogen-bond acceptors (Lipinski definition) is 3. The van der Waals surface area contributed by atoms with Crippen LogP contribution in [-0.2, 0) is 6.54 Å². The molecule has 2 heterocycles. The lowest BCUT2D eigenvalue weighted by atomic mass is 10.2. The summed E-state index contributed by atoms with van der Waals surface area (Å²) in [7, 11) is 0. The van der Waals surface area contributed by atoms with E-state index < -0.39 is 0 Å². The molecule has 0 amide bonds. The lowest BCUT2D eigenvalue weighted by Crippen LogP contribution is -2.32. The molecule has 1 aromatic rings. The zero-order chi connectivity index (χ0) is 12.8. The lowest BCUT2D eigenvalue weighted by Gasteiger charge is -2.19. The largest absolute Gasteiger partial charge is 0.311 e. The van der Waals surface area contributed by atoms with Gasteiger partial charge >= 0.3 is 0 Å². The molecule has 0 bridgehead atoms. The molecule has 1 aliphatic heterocycles. The monoisotopic (exact) mass is 330 g/mol. The zero-order valence-electron chi connectivity index (χ0n) is 11.2. The van der Waals surface area contributed by atoms with E-state index in [0.29, 0.717) is 0 Å². The van der Waals surface area contributed by atoms with Gasteiger partial charge in [-0.15, -0.1) is 11.3 Å². The van der Waals surface area contributed by atoms with Gasteiger partial charge in [0.1, 0.15) is 0 Å². The maximum Gasteiger partial charge on any atom is 0.0314 e. The maximum atomic E-state index is 3.57. The summed E-state index contributed by atoms with van der Waals surface area (Å²) < 4.78 is 1.25. The van der Waals surface area contributed by atoms with Crippen molar-refractivity contribution in [3.63, 3.8) is 0 Å². The Morgan fingerprint density at radius 1 is 1.28 bits per heavy atom. The number of rotatable bonds is 5. The molecule has 0 atom stereocenters. The topological polar surface area (TPSA) is 15.3 Å². The van der Waals surface area contributed by atoms with Crippen LogP contribution in [0.3, 0.4) is 0 Å². The highest BCUT2D eigenvalue weighted by molar-refractivity contribution is 9.10. The summed E-state index contributed by atoms with van der Waals surface area (Å²) in [6.45, 7) is 8.07. The van der Waals surface area contributed by atoms with E-state index in [9.17, 15) is 0 Å². The second-order valence-electron chi connectivity index (χ2n) is 5.05. The minimum Gasteiger partial charge on any atom is -0.311 e. The first-order chi connectivity index (χ1) is 8.75. The normalized spacial score (nSPS) is 17.9. The minimum atomic E-state index is 1.00. The van der Waals surface area contributed by atoms with Crippen LogP contribution in [0, 0.1) is 6.92 Å². The van der Waals surface area contributed by atoms with Gasteiger partial charge in [0, 0.05) is 33.9 Å². The van der Waals surface area contributed by atoms with E-state index >= 15 is 0 Å². The Hall–Kier alpha value is 0.100. The average Bonchev–Trinajstić information content (AvgIpc) is 2.59. The first kappa shape index (κ1) is 14.5. The van der Waals surface area contributed by atoms with E-state index in [1.807, 2.05) is 11.3 Å². The van der Waals surface area contributed by atoms with Crippen LogP contribution in [0.2, 0.25) is 0 Å². The summed E-state index contributed by atoms with van der Waals surface area (Å²) in [5, 5.41) is 3.56. The molecule has 0 unspecified atom stereocenters. The average molecular weight is 331 g/mol. The molecule has 1 aromatic heterocycles. The van der Waals surface area contributed by atoms with Crippen LogP contribution in [0.1, 0.15) is 35.4 Å². The molecule has 0 aromatic carbocycles. The first-order valence-corrected chi connectivity index (χ1v) is 8.54. The van der Waals surface area contributed by atoms with Gasteiger partial charge in [-0.25, -0.2) is 0 Å². The van der Waals surface area contributed by atoms with Crippen LogP contribution in [-0.4, -0.2) is 31.1 Å². The number of nitrogens with one attached hydrogen (secondary N) is 1. The maximum absolute atomic E-state index is 3.57. The lowest BCUT2D eigenvalue weighted by molar-refractivity contribution is 0.284. The highest BCUT2D eigenvalue weighted by Crippen LogP contribution is 2.25. The second kappa shape index (κ2) is 7.63. The van der Waals surface area contributed by atoms with E-state index in [2.05, 4.69) is 39.1 Å². The standard InChI is InChI=1S/C14H23BrN2S/c1-12-14(15)10-13(18-12)11-16-6-9-17-7-4-2-3-5-8-17/h10,16H,2-9,11H2,1H3. The van der Waals surface area contributed by atoms with Crippen molar-refractivity contribution in [2.75, 3.05) is 26.2 Å². The molecule has 102 valence electrons. The van der Waals surface area contributed by atoms with Crippen molar-refractivity contribution < 1.29 is 0 Å². The van der Waals surface area contributed by atoms with E-state index in [0.717, 1.165) is 13.1 Å². The third-order valence-electron chi connectivity index (χ3n) is 3.51. The molecular formula is C14H23BrN2S. The number of halogens is 1. The molecule has 0 radical (unpaired) electrons. The van der Waals surface area contributed by atoms with Gasteiger partial charge in [0.25, 0.3) is 0 Å². The Labute approximate surface area is 123 Å². The molecule has 1 aliphatic rings. The summed E-state index contributed by atoms with van der Waals surface area (Å²) in [6, 6.07) is 2.24. The zero-order valence-corrected chi connectivity index (χ0v) is 13.6. The van der Waals surface area contributed by atoms with Gasteiger partial charge in [-0.2, -0.15) is 0 Å². The fraction of sp³-hybridized carbons (Fsp3) is 0.714. The molecular weight excluding hydrogens is 308 g/mol. The Bertz CT molecular complexity index is 337. The quantitative estimate of drug-likeness (QED) is 0.826. The minimum absolute atomic E-state index is 1.00. The summed E-state index contributed by atoms with van der Waals surface area (Å²) in [5.41, 5.74) is 0. The van der Waals surface area contributed by atoms with Crippen molar-refractivity contribution in [3.05, 3.63) is 20.3 Å². The number of nitrogens with zero attached hydrogens (tertiary/aromatic N) is 1. The summed E-state index contributed by atoms with van der Waals surface area (Å²) in [4.78, 5) is 5.41. The molecule has 4 heteroatoms. The third kappa shape index (κ3) is 4.65. The van der Waals surface area contributed by atoms with Crippen LogP contribution in [0.25, 0.3) is 0 Å². The molecule has 0 aliphatic carbocycles. The van der Waals surface area contributed by atoms with Crippen LogP contribution in [0.4, 0.5) is 0 Å². The van der Waals surface area contributed by atoms with E-state index in [1.54, 1.807) is 0 Å². The number of aryl methyl sites for hydroxylation is 1. The Morgan fingerprint density at radius 3 is 2.61 bits per heavy atom. The van der Waals surface area contributed by atoms with Crippen molar-refractivity contribution in [1.29, 1.82) is 0 Å². The molecule has 0 saturated carbocycles. The molecule has 2 nitrogen and oxygen atoms in total. The Balaban J connectivity index is 1.63. The Kier molecular flexibility index (Phi) is 6.15. The smallest absolute Gasteiger partial charge is 0.0314 e. The molecule has 1 saturated heterocycles. The number of thiophene rings is 1. The van der Waals surface area contributed by atoms with Crippen molar-refractivity contribution in [2.24, 2.45) is 0 Å². The van der Waals surface area contributed by atoms with E-state index in [1.165, 1.54) is 59.5 Å². The molecule has 0 spiro atoms. The van der Waals surface area contributed by atoms with Gasteiger partial charge in [-0.3, -0.25) is 0 Å². The number of hydrogen-bond donors (Lipinski definition) is 1. The second-order valence-corrected chi connectivity index (χ2v) is 7.24. The fourth-order valence-electron chi connectivity index (χ4n) is 2.41. The molecule has 2 rings (SSSR count). The first-order valence-electron chi connectivity index (χ1n) is 6.93. The van der Waals surface area contributed by atoms with Gasteiger partial charge in [0.2, 0.25) is 0 Å². The fourth-order valence-corrected chi connectivity index (χ4v) is 3.98. The van der Waals surface area contributed by atoms with Crippen LogP contribution < -0.4 is 5.32 Å². The summed E-state index contributed by atoms with van der Waals surface area (Å²) in [6.07, 6.45) is 5.62. The summed E-state index contributed by atoms with van der Waals surface area (Å²) in [5.74, 6) is 0. The highest BCUT2D eigenvalue weighted by Gasteiger charge is 2.08. The van der Waals surface area contributed by atoms with Crippen molar-refractivity contribution >= 4 is 27.3 Å². The van der Waals surface area contributed by atoms with E-state index in [-0.39, 0.29) is 0 Å². The van der Waals surface area contributed by atoms with Gasteiger partial charge in [-0.1, -0.05) is 12.8 Å². The van der Waals surface area contributed by atoms with Gasteiger partial charge in [-0.05, 0) is 54.9 Å². The van der Waals surface area contributed by atoms with Gasteiger partial charge in [0.15, 0.2) is 0 Å². The molecule has 1 fully saturated rings. The summed E-state index contributed by atoms with van der Waals surface area (Å²) >= 11 is 5.45. The van der Waals surface area contributed by atoms with Crippen LogP contribution >= 0.6 is 27.3 Å². The highest BCUT2D eigenvalue weighted by atomic mass is 79.9. The van der Waals surface area contributed by atoms with Crippen molar-refractivity contribution in [1.82, 2.24) is 10.2 Å². The van der Waals surface area contributed by atoms with Crippen LogP contribution in [0.5, 0.6) is 0 Å². The van der Waals surface area contributed by atoms with Crippen molar-refractivity contribution in [2.45, 2.75) is 39.2 Å². The third-order valence-corrected chi connectivity index (χ3v) is 5.65. The predicted molar refractivity (Wildman–Crippen MR) is 83.4 cm³/mol. The van der Waals surface area contributed by atoms with E-state index in [4.69, 9.17) is 0 Å². The SMILES string of the molecule is Cc1sc(CNCCN2CCCCCC2)cc1Br. The van der Waals surface area contributed by atoms with Crippen LogP contribution in [0.15, 0.2) is 10.5 Å². The molecule has 1 N–H and O–H groups in total. The predicted octanol–water partition coefficient (Wildman–Crippen LogP) is 3.78. The van der Waals surface area contributed by atoms with Crippen molar-refractivity contribution in [3.8, 4) is 0 Å².